The van der Waals surface area contributed by atoms with Crippen molar-refractivity contribution < 1.29 is 26.4 Å². The summed E-state index contributed by atoms with van der Waals surface area (Å²) in [4.78, 5) is 29.1. The second-order valence-corrected chi connectivity index (χ2v) is 11.7. The van der Waals surface area contributed by atoms with E-state index in [0.717, 1.165) is 0 Å². The highest BCUT2D eigenvalue weighted by Gasteiger charge is 2.36. The highest BCUT2D eigenvalue weighted by molar-refractivity contribution is 7.94. The topological polar surface area (TPSA) is 131 Å². The summed E-state index contributed by atoms with van der Waals surface area (Å²) < 4.78 is 51.8. The van der Waals surface area contributed by atoms with Crippen LogP contribution in [0.1, 0.15) is 27.6 Å². The summed E-state index contributed by atoms with van der Waals surface area (Å²) in [5, 5.41) is 1.52. The van der Waals surface area contributed by atoms with Crippen LogP contribution in [0.3, 0.4) is 0 Å². The summed E-state index contributed by atoms with van der Waals surface area (Å²) >= 11 is 0. The van der Waals surface area contributed by atoms with Crippen molar-refractivity contribution in [3.05, 3.63) is 90.3 Å². The maximum Gasteiger partial charge on any atom is 0.251 e. The summed E-state index contributed by atoms with van der Waals surface area (Å²) in [6, 6.07) is 16.8. The van der Waals surface area contributed by atoms with E-state index in [-0.39, 0.29) is 34.9 Å². The Labute approximate surface area is 197 Å². The summed E-state index contributed by atoms with van der Waals surface area (Å²) in [5.74, 6) is -1.46. The molecule has 0 radical (unpaired) electrons. The monoisotopic (exact) mass is 499 g/mol. The number of rotatable bonds is 7. The van der Waals surface area contributed by atoms with Gasteiger partial charge in [-0.2, -0.15) is 0 Å². The van der Waals surface area contributed by atoms with E-state index in [0.29, 0.717) is 9.87 Å². The molecular formula is C23H21N3O6S2. The van der Waals surface area contributed by atoms with Crippen LogP contribution in [0.5, 0.6) is 0 Å². The molecule has 2 amide bonds. The number of hydrogen-bond donors (Lipinski definition) is 1. The van der Waals surface area contributed by atoms with Crippen LogP contribution in [-0.2, 0) is 24.7 Å². The molecule has 176 valence electrons. The largest absolute Gasteiger partial charge is 0.350 e. The molecule has 1 atom stereocenters. The number of nitrogens with one attached hydrogen (secondary N) is 1. The van der Waals surface area contributed by atoms with E-state index in [9.17, 15) is 26.4 Å². The molecule has 1 aliphatic rings. The standard InChI is InChI=1S/C23H21N3O6S2/c27-22-11-13-33(29,30)26(22)19-8-4-6-17(14-19)23(28)25-16-21(18-7-5-12-24-15-18)34(31,32)20-9-2-1-3-10-20/h1-10,12,14-15,21H,11,13,16H2,(H,25,28). The van der Waals surface area contributed by atoms with Gasteiger partial charge in [0.15, 0.2) is 9.84 Å². The predicted octanol–water partition coefficient (Wildman–Crippen LogP) is 2.09. The number of amides is 2. The third-order valence-electron chi connectivity index (χ3n) is 5.37. The second-order valence-electron chi connectivity index (χ2n) is 7.62. The Morgan fingerprint density at radius 3 is 2.47 bits per heavy atom. The number of carbonyl (C=O) groups is 2. The Morgan fingerprint density at radius 2 is 1.82 bits per heavy atom. The van der Waals surface area contributed by atoms with Crippen LogP contribution >= 0.6 is 0 Å². The minimum Gasteiger partial charge on any atom is -0.350 e. The summed E-state index contributed by atoms with van der Waals surface area (Å²) in [7, 11) is -7.64. The fourth-order valence-electron chi connectivity index (χ4n) is 3.68. The molecule has 34 heavy (non-hydrogen) atoms. The van der Waals surface area contributed by atoms with Crippen molar-refractivity contribution in [1.82, 2.24) is 10.3 Å². The van der Waals surface area contributed by atoms with Gasteiger partial charge in [-0.05, 0) is 42.0 Å². The predicted molar refractivity (Wildman–Crippen MR) is 125 cm³/mol. The summed E-state index contributed by atoms with van der Waals surface area (Å²) in [6.07, 6.45) is 2.83. The molecule has 1 fully saturated rings. The molecule has 11 heteroatoms. The highest BCUT2D eigenvalue weighted by atomic mass is 32.2. The quantitative estimate of drug-likeness (QED) is 0.527. The van der Waals surface area contributed by atoms with Crippen LogP contribution in [0.4, 0.5) is 5.69 Å². The van der Waals surface area contributed by atoms with Gasteiger partial charge in [0.1, 0.15) is 5.25 Å². The molecule has 1 unspecified atom stereocenters. The first-order valence-electron chi connectivity index (χ1n) is 10.3. The Kier molecular flexibility index (Phi) is 6.49. The molecule has 3 aromatic rings. The molecule has 1 saturated heterocycles. The van der Waals surface area contributed by atoms with E-state index in [4.69, 9.17) is 0 Å². The molecule has 1 N–H and O–H groups in total. The summed E-state index contributed by atoms with van der Waals surface area (Å²) in [6.45, 7) is -0.243. The fraction of sp³-hybridized carbons (Fsp3) is 0.174. The zero-order valence-corrected chi connectivity index (χ0v) is 19.5. The molecule has 1 aliphatic heterocycles. The van der Waals surface area contributed by atoms with Gasteiger partial charge in [0.05, 0.1) is 16.3 Å². The van der Waals surface area contributed by atoms with E-state index < -0.39 is 36.9 Å². The van der Waals surface area contributed by atoms with Crippen molar-refractivity contribution in [2.75, 3.05) is 16.6 Å². The smallest absolute Gasteiger partial charge is 0.251 e. The normalized spacial score (nSPS) is 16.2. The van der Waals surface area contributed by atoms with Gasteiger partial charge in [-0.25, -0.2) is 21.1 Å². The Balaban J connectivity index is 1.59. The van der Waals surface area contributed by atoms with Crippen LogP contribution in [0.2, 0.25) is 0 Å². The lowest BCUT2D eigenvalue weighted by atomic mass is 10.1. The maximum atomic E-state index is 13.3. The number of sulfonamides is 1. The third kappa shape index (κ3) is 4.70. The van der Waals surface area contributed by atoms with E-state index >= 15 is 0 Å². The van der Waals surface area contributed by atoms with Crippen molar-refractivity contribution in [3.63, 3.8) is 0 Å². The first-order valence-corrected chi connectivity index (χ1v) is 13.5. The average molecular weight is 500 g/mol. The zero-order valence-electron chi connectivity index (χ0n) is 17.9. The van der Waals surface area contributed by atoms with Crippen molar-refractivity contribution in [1.29, 1.82) is 0 Å². The number of sulfone groups is 1. The van der Waals surface area contributed by atoms with Crippen LogP contribution in [0.15, 0.2) is 84.0 Å². The van der Waals surface area contributed by atoms with Crippen molar-refractivity contribution in [3.8, 4) is 0 Å². The zero-order chi connectivity index (χ0) is 24.3. The molecule has 0 aliphatic carbocycles. The number of benzene rings is 2. The maximum absolute atomic E-state index is 13.3. The van der Waals surface area contributed by atoms with Crippen LogP contribution < -0.4 is 9.62 Å². The lowest BCUT2D eigenvalue weighted by molar-refractivity contribution is -0.116. The van der Waals surface area contributed by atoms with Gasteiger partial charge in [-0.3, -0.25) is 14.6 Å². The molecule has 0 spiro atoms. The van der Waals surface area contributed by atoms with Gasteiger partial charge in [0, 0.05) is 30.9 Å². The lowest BCUT2D eigenvalue weighted by Crippen LogP contribution is -2.32. The highest BCUT2D eigenvalue weighted by Crippen LogP contribution is 2.29. The molecule has 0 saturated carbocycles. The van der Waals surface area contributed by atoms with E-state index in [1.54, 1.807) is 30.3 Å². The van der Waals surface area contributed by atoms with Crippen molar-refractivity contribution >= 4 is 37.4 Å². The van der Waals surface area contributed by atoms with Gasteiger partial charge in [0.2, 0.25) is 15.9 Å². The van der Waals surface area contributed by atoms with E-state index in [1.807, 2.05) is 0 Å². The molecule has 9 nitrogen and oxygen atoms in total. The average Bonchev–Trinajstić information content (AvgIpc) is 3.12. The second kappa shape index (κ2) is 9.35. The van der Waals surface area contributed by atoms with Crippen molar-refractivity contribution in [2.24, 2.45) is 0 Å². The third-order valence-corrected chi connectivity index (χ3v) is 9.18. The number of hydrogen-bond acceptors (Lipinski definition) is 7. The fourth-order valence-corrected chi connectivity index (χ4v) is 6.79. The van der Waals surface area contributed by atoms with Gasteiger partial charge >= 0.3 is 0 Å². The Morgan fingerprint density at radius 1 is 1.06 bits per heavy atom. The number of anilines is 1. The van der Waals surface area contributed by atoms with Gasteiger partial charge in [-0.15, -0.1) is 0 Å². The molecule has 2 heterocycles. The van der Waals surface area contributed by atoms with Gasteiger partial charge in [0.25, 0.3) is 5.91 Å². The van der Waals surface area contributed by atoms with Crippen LogP contribution in [0, 0.1) is 0 Å². The first-order chi connectivity index (χ1) is 16.2. The SMILES string of the molecule is O=C(NCC(c1cccnc1)S(=O)(=O)c1ccccc1)c1cccc(N2C(=O)CCS2(=O)=O)c1. The number of carbonyl (C=O) groups excluding carboxylic acids is 2. The molecular weight excluding hydrogens is 478 g/mol. The lowest BCUT2D eigenvalue weighted by Gasteiger charge is -2.19. The molecule has 4 rings (SSSR count). The van der Waals surface area contributed by atoms with Crippen LogP contribution in [-0.4, -0.2) is 45.9 Å². The van der Waals surface area contributed by atoms with Gasteiger partial charge < -0.3 is 5.32 Å². The summed E-state index contributed by atoms with van der Waals surface area (Å²) in [5.41, 5.74) is 0.569. The minimum absolute atomic E-state index is 0.0656. The van der Waals surface area contributed by atoms with Crippen molar-refractivity contribution in [2.45, 2.75) is 16.6 Å². The molecule has 2 aromatic carbocycles. The number of pyridine rings is 1. The Hall–Kier alpha value is -3.57. The Bertz CT molecular complexity index is 1430. The number of aromatic nitrogens is 1. The minimum atomic E-state index is -3.86. The number of nitrogens with zero attached hydrogens (tertiary/aromatic N) is 2. The molecule has 0 bridgehead atoms. The van der Waals surface area contributed by atoms with E-state index in [1.165, 1.54) is 48.8 Å². The van der Waals surface area contributed by atoms with E-state index in [2.05, 4.69) is 10.3 Å². The van der Waals surface area contributed by atoms with Crippen LogP contribution in [0.25, 0.3) is 0 Å². The van der Waals surface area contributed by atoms with Gasteiger partial charge in [-0.1, -0.05) is 30.3 Å². The molecule has 1 aromatic heterocycles. The first kappa shape index (κ1) is 23.6.